The molecule has 110 valence electrons. The van der Waals surface area contributed by atoms with Gasteiger partial charge in [0.15, 0.2) is 0 Å². The number of aryl methyl sites for hydroxylation is 1. The lowest BCUT2D eigenvalue weighted by Gasteiger charge is -2.22. The third-order valence-corrected chi connectivity index (χ3v) is 4.10. The van der Waals surface area contributed by atoms with Crippen molar-refractivity contribution in [3.63, 3.8) is 0 Å². The van der Waals surface area contributed by atoms with Crippen LogP contribution in [-0.4, -0.2) is 20.1 Å². The van der Waals surface area contributed by atoms with Crippen molar-refractivity contribution in [1.82, 2.24) is 10.7 Å². The van der Waals surface area contributed by atoms with Gasteiger partial charge in [-0.2, -0.15) is 0 Å². The maximum atomic E-state index is 4.04. The van der Waals surface area contributed by atoms with Crippen LogP contribution >= 0.6 is 0 Å². The van der Waals surface area contributed by atoms with Gasteiger partial charge in [-0.1, -0.05) is 18.7 Å². The molecule has 0 saturated carbocycles. The molecule has 3 N–H and O–H groups in total. The summed E-state index contributed by atoms with van der Waals surface area (Å²) in [6.07, 6.45) is 5.11. The van der Waals surface area contributed by atoms with E-state index in [4.69, 9.17) is 0 Å². The molecular weight excluding hydrogens is 246 g/mol. The molecule has 1 aliphatic rings. The smallest absolute Gasteiger partial charge is 0.0565 e. The quantitative estimate of drug-likeness (QED) is 0.697. The second-order valence-corrected chi connectivity index (χ2v) is 5.77. The normalized spacial score (nSPS) is 16.1. The third-order valence-electron chi connectivity index (χ3n) is 4.10. The van der Waals surface area contributed by atoms with Gasteiger partial charge >= 0.3 is 0 Å². The summed E-state index contributed by atoms with van der Waals surface area (Å²) in [5, 5.41) is 3.43. The Labute approximate surface area is 122 Å². The maximum absolute atomic E-state index is 4.04. The first kappa shape index (κ1) is 15.1. The zero-order valence-electron chi connectivity index (χ0n) is 12.8. The van der Waals surface area contributed by atoms with Gasteiger partial charge in [0.25, 0.3) is 0 Å². The molecule has 0 aromatic heterocycles. The maximum Gasteiger partial charge on any atom is 0.0565 e. The number of hydrazine groups is 1. The molecule has 2 rings (SSSR count). The van der Waals surface area contributed by atoms with E-state index >= 15 is 0 Å². The first-order chi connectivity index (χ1) is 9.70. The highest BCUT2D eigenvalue weighted by atomic mass is 15.3. The van der Waals surface area contributed by atoms with Crippen LogP contribution in [-0.2, 0) is 6.42 Å². The van der Waals surface area contributed by atoms with Crippen LogP contribution in [0.4, 0.5) is 5.69 Å². The summed E-state index contributed by atoms with van der Waals surface area (Å²) in [6.45, 7) is 8.46. The summed E-state index contributed by atoms with van der Waals surface area (Å²) >= 11 is 0. The molecule has 1 aromatic carbocycles. The number of hydrogen-bond donors (Lipinski definition) is 3. The van der Waals surface area contributed by atoms with Crippen molar-refractivity contribution in [1.29, 1.82) is 0 Å². The predicted octanol–water partition coefficient (Wildman–Crippen LogP) is 3.20. The fraction of sp³-hybridized carbons (Fsp3) is 0.529. The Morgan fingerprint density at radius 2 is 2.10 bits per heavy atom. The Morgan fingerprint density at radius 1 is 1.35 bits per heavy atom. The highest BCUT2D eigenvalue weighted by molar-refractivity contribution is 5.74. The van der Waals surface area contributed by atoms with Crippen LogP contribution in [0.2, 0.25) is 0 Å². The van der Waals surface area contributed by atoms with Crippen molar-refractivity contribution in [3.05, 3.63) is 35.9 Å². The molecule has 0 unspecified atom stereocenters. The van der Waals surface area contributed by atoms with Crippen molar-refractivity contribution in [2.24, 2.45) is 5.92 Å². The van der Waals surface area contributed by atoms with Gasteiger partial charge in [-0.05, 0) is 68.8 Å². The molecule has 1 aliphatic heterocycles. The first-order valence-electron chi connectivity index (χ1n) is 7.63. The van der Waals surface area contributed by atoms with E-state index in [1.807, 2.05) is 14.0 Å². The highest BCUT2D eigenvalue weighted by Crippen LogP contribution is 2.25. The minimum atomic E-state index is 0.887. The fourth-order valence-corrected chi connectivity index (χ4v) is 2.90. The second-order valence-electron chi connectivity index (χ2n) is 5.77. The number of nitrogens with one attached hydrogen (secondary N) is 3. The average Bonchev–Trinajstić information content (AvgIpc) is 2.46. The molecule has 1 heterocycles. The minimum absolute atomic E-state index is 0.887. The van der Waals surface area contributed by atoms with Crippen molar-refractivity contribution in [2.75, 3.05) is 25.6 Å². The summed E-state index contributed by atoms with van der Waals surface area (Å²) in [6, 6.07) is 6.67. The van der Waals surface area contributed by atoms with Gasteiger partial charge in [-0.15, -0.1) is 0 Å². The van der Waals surface area contributed by atoms with E-state index in [-0.39, 0.29) is 0 Å². The SMILES string of the molecule is C=C(C)c1ccc(CCC2CCNCC2)cc1NNC. The molecule has 0 atom stereocenters. The van der Waals surface area contributed by atoms with Gasteiger partial charge in [0.2, 0.25) is 0 Å². The summed E-state index contributed by atoms with van der Waals surface area (Å²) < 4.78 is 0. The van der Waals surface area contributed by atoms with Crippen LogP contribution in [0, 0.1) is 5.92 Å². The zero-order valence-corrected chi connectivity index (χ0v) is 12.8. The van der Waals surface area contributed by atoms with Crippen LogP contribution < -0.4 is 16.2 Å². The Balaban J connectivity index is 2.00. The molecule has 0 spiro atoms. The molecule has 3 heteroatoms. The van der Waals surface area contributed by atoms with Crippen LogP contribution in [0.5, 0.6) is 0 Å². The summed E-state index contributed by atoms with van der Waals surface area (Å²) in [7, 11) is 1.89. The van der Waals surface area contributed by atoms with Crippen molar-refractivity contribution >= 4 is 11.3 Å². The standard InChI is InChI=1S/C17H27N3/c1-13(2)16-7-6-15(12-17(16)20-18-3)5-4-14-8-10-19-11-9-14/h6-7,12,14,18-20H,1,4-5,8-11H2,2-3H3. The molecule has 20 heavy (non-hydrogen) atoms. The Hall–Kier alpha value is -1.32. The number of piperidine rings is 1. The molecule has 0 radical (unpaired) electrons. The number of benzene rings is 1. The molecule has 1 fully saturated rings. The van der Waals surface area contributed by atoms with Gasteiger partial charge in [-0.3, -0.25) is 0 Å². The molecule has 0 bridgehead atoms. The van der Waals surface area contributed by atoms with Crippen molar-refractivity contribution < 1.29 is 0 Å². The van der Waals surface area contributed by atoms with Crippen LogP contribution in [0.25, 0.3) is 5.57 Å². The van der Waals surface area contributed by atoms with Gasteiger partial charge in [0, 0.05) is 12.6 Å². The van der Waals surface area contributed by atoms with E-state index in [0.717, 1.165) is 17.2 Å². The Morgan fingerprint density at radius 3 is 2.75 bits per heavy atom. The lowest BCUT2D eigenvalue weighted by atomic mass is 9.91. The summed E-state index contributed by atoms with van der Waals surface area (Å²) in [4.78, 5) is 0. The van der Waals surface area contributed by atoms with E-state index in [2.05, 4.69) is 40.9 Å². The van der Waals surface area contributed by atoms with Gasteiger partial charge in [-0.25, -0.2) is 5.43 Å². The fourth-order valence-electron chi connectivity index (χ4n) is 2.90. The van der Waals surface area contributed by atoms with Gasteiger partial charge in [0.05, 0.1) is 5.69 Å². The third kappa shape index (κ3) is 4.09. The van der Waals surface area contributed by atoms with Crippen LogP contribution in [0.1, 0.15) is 37.3 Å². The Kier molecular flexibility index (Phi) is 5.62. The number of allylic oxidation sites excluding steroid dienone is 1. The van der Waals surface area contributed by atoms with E-state index in [0.29, 0.717) is 0 Å². The lowest BCUT2D eigenvalue weighted by Crippen LogP contribution is -2.27. The molecule has 0 amide bonds. The van der Waals surface area contributed by atoms with Crippen LogP contribution in [0.3, 0.4) is 0 Å². The second kappa shape index (κ2) is 7.46. The van der Waals surface area contributed by atoms with Crippen LogP contribution in [0.15, 0.2) is 24.8 Å². The number of anilines is 1. The first-order valence-corrected chi connectivity index (χ1v) is 7.63. The largest absolute Gasteiger partial charge is 0.321 e. The highest BCUT2D eigenvalue weighted by Gasteiger charge is 2.13. The van der Waals surface area contributed by atoms with E-state index in [1.54, 1.807) is 0 Å². The zero-order chi connectivity index (χ0) is 14.4. The van der Waals surface area contributed by atoms with E-state index in [1.165, 1.54) is 49.9 Å². The van der Waals surface area contributed by atoms with E-state index < -0.39 is 0 Å². The van der Waals surface area contributed by atoms with Gasteiger partial charge < -0.3 is 10.7 Å². The number of hydrogen-bond acceptors (Lipinski definition) is 3. The van der Waals surface area contributed by atoms with Gasteiger partial charge in [0.1, 0.15) is 0 Å². The lowest BCUT2D eigenvalue weighted by molar-refractivity contribution is 0.354. The van der Waals surface area contributed by atoms with Crippen molar-refractivity contribution in [2.45, 2.75) is 32.6 Å². The molecule has 1 aromatic rings. The predicted molar refractivity (Wildman–Crippen MR) is 87.7 cm³/mol. The average molecular weight is 273 g/mol. The van der Waals surface area contributed by atoms with E-state index in [9.17, 15) is 0 Å². The molecule has 0 aliphatic carbocycles. The monoisotopic (exact) mass is 273 g/mol. The number of rotatable bonds is 6. The molecule has 3 nitrogen and oxygen atoms in total. The molecular formula is C17H27N3. The van der Waals surface area contributed by atoms with Crippen molar-refractivity contribution in [3.8, 4) is 0 Å². The summed E-state index contributed by atoms with van der Waals surface area (Å²) in [5.41, 5.74) is 11.0. The topological polar surface area (TPSA) is 36.1 Å². The summed E-state index contributed by atoms with van der Waals surface area (Å²) in [5.74, 6) is 0.887. The Bertz CT molecular complexity index is 448. The minimum Gasteiger partial charge on any atom is -0.321 e. The molecule has 1 saturated heterocycles.